The molecule has 100 valence electrons. The molecular weight excluding hydrogens is 303 g/mol. The number of alkyl halides is 1. The molecule has 2 heteroatoms. The van der Waals surface area contributed by atoms with Gasteiger partial charge in [-0.3, -0.25) is 0 Å². The lowest BCUT2D eigenvalue weighted by Gasteiger charge is -2.17. The summed E-state index contributed by atoms with van der Waals surface area (Å²) in [7, 11) is 0. The molecule has 0 N–H and O–H groups in total. The Bertz CT molecular complexity index is 572. The molecule has 1 atom stereocenters. The van der Waals surface area contributed by atoms with Gasteiger partial charge in [-0.1, -0.05) is 71.9 Å². The summed E-state index contributed by atoms with van der Waals surface area (Å²) in [4.78, 5) is 0.334. The zero-order valence-corrected chi connectivity index (χ0v) is 12.5. The van der Waals surface area contributed by atoms with Crippen LogP contribution in [0.4, 0.5) is 4.39 Å². The predicted octanol–water partition coefficient (Wildman–Crippen LogP) is 6.00. The van der Waals surface area contributed by atoms with Crippen LogP contribution in [0.1, 0.15) is 42.5 Å². The second-order valence-corrected chi connectivity index (χ2v) is 6.64. The summed E-state index contributed by atoms with van der Waals surface area (Å²) in [5, 5.41) is 1.78. The Morgan fingerprint density at radius 3 is 2.47 bits per heavy atom. The van der Waals surface area contributed by atoms with Gasteiger partial charge < -0.3 is 0 Å². The lowest BCUT2D eigenvalue weighted by molar-refractivity contribution is 0.502. The van der Waals surface area contributed by atoms with Crippen LogP contribution in [-0.4, -0.2) is 0 Å². The van der Waals surface area contributed by atoms with Crippen molar-refractivity contribution >= 4 is 26.7 Å². The van der Waals surface area contributed by atoms with Crippen molar-refractivity contribution in [3.8, 4) is 0 Å². The maximum absolute atomic E-state index is 13.8. The van der Waals surface area contributed by atoms with E-state index in [9.17, 15) is 4.39 Å². The minimum atomic E-state index is -0.125. The van der Waals surface area contributed by atoms with E-state index in [2.05, 4.69) is 15.9 Å². The van der Waals surface area contributed by atoms with Crippen molar-refractivity contribution in [2.75, 3.05) is 0 Å². The number of benzene rings is 2. The lowest BCUT2D eigenvalue weighted by Crippen LogP contribution is -2.00. The first-order valence-corrected chi connectivity index (χ1v) is 7.98. The van der Waals surface area contributed by atoms with Gasteiger partial charge in [0.15, 0.2) is 0 Å². The summed E-state index contributed by atoms with van der Waals surface area (Å²) in [6.07, 6.45) is 6.60. The summed E-state index contributed by atoms with van der Waals surface area (Å²) >= 11 is 3.82. The van der Waals surface area contributed by atoms with Crippen LogP contribution in [-0.2, 0) is 0 Å². The van der Waals surface area contributed by atoms with Crippen molar-refractivity contribution in [1.82, 2.24) is 0 Å². The number of hydrogen-bond acceptors (Lipinski definition) is 0. The maximum Gasteiger partial charge on any atom is 0.131 e. The number of halogens is 2. The second-order valence-electron chi connectivity index (χ2n) is 5.54. The largest absolute Gasteiger partial charge is 0.206 e. The molecule has 0 nitrogen and oxygen atoms in total. The molecule has 1 aliphatic rings. The van der Waals surface area contributed by atoms with E-state index in [1.54, 1.807) is 6.07 Å². The second kappa shape index (κ2) is 5.62. The molecule has 1 aliphatic carbocycles. The van der Waals surface area contributed by atoms with Gasteiger partial charge in [-0.2, -0.15) is 0 Å². The first-order valence-electron chi connectivity index (χ1n) is 7.07. The molecule has 0 saturated heterocycles. The summed E-state index contributed by atoms with van der Waals surface area (Å²) in [5.41, 5.74) is 1.23. The topological polar surface area (TPSA) is 0 Å². The van der Waals surface area contributed by atoms with Gasteiger partial charge in [0.1, 0.15) is 5.82 Å². The molecule has 0 aliphatic heterocycles. The number of rotatable bonds is 3. The van der Waals surface area contributed by atoms with Crippen LogP contribution < -0.4 is 0 Å². The fourth-order valence-electron chi connectivity index (χ4n) is 3.22. The fraction of sp³-hybridized carbons (Fsp3) is 0.412. The highest BCUT2D eigenvalue weighted by Gasteiger charge is 2.21. The van der Waals surface area contributed by atoms with Crippen LogP contribution in [0.25, 0.3) is 10.8 Å². The minimum absolute atomic E-state index is 0.125. The molecule has 2 aromatic carbocycles. The molecule has 0 amide bonds. The predicted molar refractivity (Wildman–Crippen MR) is 82.1 cm³/mol. The Hall–Kier alpha value is -0.890. The van der Waals surface area contributed by atoms with Gasteiger partial charge in [-0.25, -0.2) is 4.39 Å². The highest BCUT2D eigenvalue weighted by atomic mass is 79.9. The monoisotopic (exact) mass is 320 g/mol. The average Bonchev–Trinajstić information content (AvgIpc) is 2.92. The zero-order valence-electron chi connectivity index (χ0n) is 10.9. The molecule has 1 unspecified atom stereocenters. The molecule has 1 saturated carbocycles. The van der Waals surface area contributed by atoms with Crippen molar-refractivity contribution in [3.63, 3.8) is 0 Å². The van der Waals surface area contributed by atoms with Crippen molar-refractivity contribution < 1.29 is 4.39 Å². The molecule has 0 bridgehead atoms. The first-order chi connectivity index (χ1) is 9.25. The van der Waals surface area contributed by atoms with E-state index in [1.807, 2.05) is 30.3 Å². The first kappa shape index (κ1) is 13.1. The molecule has 0 radical (unpaired) electrons. The highest BCUT2D eigenvalue weighted by molar-refractivity contribution is 9.09. The molecule has 0 aromatic heterocycles. The Labute approximate surface area is 122 Å². The van der Waals surface area contributed by atoms with Gasteiger partial charge in [-0.05, 0) is 29.4 Å². The fourth-order valence-corrected chi connectivity index (χ4v) is 4.15. The van der Waals surface area contributed by atoms with Crippen molar-refractivity contribution in [1.29, 1.82) is 0 Å². The van der Waals surface area contributed by atoms with Crippen LogP contribution in [0.15, 0.2) is 36.4 Å². The van der Waals surface area contributed by atoms with Crippen molar-refractivity contribution in [3.05, 3.63) is 47.8 Å². The Balaban J connectivity index is 1.93. The van der Waals surface area contributed by atoms with Gasteiger partial charge in [0.05, 0.1) is 0 Å². The zero-order chi connectivity index (χ0) is 13.2. The van der Waals surface area contributed by atoms with E-state index in [0.29, 0.717) is 4.83 Å². The molecule has 1 fully saturated rings. The van der Waals surface area contributed by atoms with Gasteiger partial charge in [0, 0.05) is 10.2 Å². The number of hydrogen-bond donors (Lipinski definition) is 0. The quantitative estimate of drug-likeness (QED) is 0.609. The van der Waals surface area contributed by atoms with E-state index in [4.69, 9.17) is 0 Å². The molecule has 0 spiro atoms. The van der Waals surface area contributed by atoms with E-state index in [0.717, 1.165) is 23.1 Å². The molecule has 3 rings (SSSR count). The van der Waals surface area contributed by atoms with Gasteiger partial charge in [0.25, 0.3) is 0 Å². The van der Waals surface area contributed by atoms with Gasteiger partial charge >= 0.3 is 0 Å². The molecule has 0 heterocycles. The van der Waals surface area contributed by atoms with Crippen LogP contribution in [0.3, 0.4) is 0 Å². The van der Waals surface area contributed by atoms with E-state index in [1.165, 1.54) is 31.2 Å². The van der Waals surface area contributed by atoms with Gasteiger partial charge in [-0.15, -0.1) is 0 Å². The van der Waals surface area contributed by atoms with Crippen LogP contribution in [0.5, 0.6) is 0 Å². The average molecular weight is 321 g/mol. The SMILES string of the molecule is Fc1ccc(C(Br)CC2CCCC2)c2ccccc12. The minimum Gasteiger partial charge on any atom is -0.206 e. The summed E-state index contributed by atoms with van der Waals surface area (Å²) in [5.74, 6) is 0.702. The third-order valence-corrected chi connectivity index (χ3v) is 5.12. The summed E-state index contributed by atoms with van der Waals surface area (Å²) < 4.78 is 13.8. The Morgan fingerprint density at radius 2 is 1.74 bits per heavy atom. The Morgan fingerprint density at radius 1 is 1.05 bits per heavy atom. The normalized spacial score (nSPS) is 18.0. The van der Waals surface area contributed by atoms with Crippen molar-refractivity contribution in [2.45, 2.75) is 36.9 Å². The smallest absolute Gasteiger partial charge is 0.131 e. The standard InChI is InChI=1S/C17H18BrF/c18-16(11-12-5-1-2-6-12)14-9-10-17(19)15-8-4-3-7-13(14)15/h3-4,7-10,12,16H,1-2,5-6,11H2. The van der Waals surface area contributed by atoms with Crippen LogP contribution in [0.2, 0.25) is 0 Å². The lowest BCUT2D eigenvalue weighted by atomic mass is 9.94. The Kier molecular flexibility index (Phi) is 3.88. The van der Waals surface area contributed by atoms with Crippen LogP contribution in [0, 0.1) is 11.7 Å². The maximum atomic E-state index is 13.8. The molecule has 19 heavy (non-hydrogen) atoms. The van der Waals surface area contributed by atoms with E-state index < -0.39 is 0 Å². The summed E-state index contributed by atoms with van der Waals surface area (Å²) in [6.45, 7) is 0. The van der Waals surface area contributed by atoms with Gasteiger partial charge in [0.2, 0.25) is 0 Å². The number of fused-ring (bicyclic) bond motifs is 1. The van der Waals surface area contributed by atoms with Crippen LogP contribution >= 0.6 is 15.9 Å². The summed E-state index contributed by atoms with van der Waals surface area (Å²) in [6, 6.07) is 11.3. The van der Waals surface area contributed by atoms with E-state index >= 15 is 0 Å². The van der Waals surface area contributed by atoms with E-state index in [-0.39, 0.29) is 5.82 Å². The molecule has 2 aromatic rings. The third kappa shape index (κ3) is 2.69. The third-order valence-electron chi connectivity index (χ3n) is 4.26. The highest BCUT2D eigenvalue weighted by Crippen LogP contribution is 2.39. The molecular formula is C17H18BrF. The van der Waals surface area contributed by atoms with Crippen molar-refractivity contribution in [2.24, 2.45) is 5.92 Å².